The molecule has 5 nitrogen and oxygen atoms in total. The first kappa shape index (κ1) is 9.97. The second-order valence-corrected chi connectivity index (χ2v) is 4.23. The molecule has 0 unspecified atom stereocenters. The van der Waals surface area contributed by atoms with Crippen LogP contribution in [0.15, 0.2) is 11.6 Å². The van der Waals surface area contributed by atoms with E-state index >= 15 is 0 Å². The lowest BCUT2D eigenvalue weighted by Gasteiger charge is -2.05. The lowest BCUT2D eigenvalue weighted by atomic mass is 10.4. The summed E-state index contributed by atoms with van der Waals surface area (Å²) in [7, 11) is 1.87. The molecule has 0 radical (unpaired) electrons. The van der Waals surface area contributed by atoms with Crippen LogP contribution in [0.3, 0.4) is 0 Å². The van der Waals surface area contributed by atoms with Crippen LogP contribution in [0, 0.1) is 6.92 Å². The van der Waals surface area contributed by atoms with E-state index in [9.17, 15) is 0 Å². The molecule has 2 rings (SSSR count). The van der Waals surface area contributed by atoms with E-state index in [0.717, 1.165) is 16.5 Å². The second-order valence-electron chi connectivity index (χ2n) is 3.25. The fraction of sp³-hybridized carbons (Fsp3) is 0.333. The Morgan fingerprint density at radius 1 is 1.60 bits per heavy atom. The molecule has 6 heteroatoms. The van der Waals surface area contributed by atoms with Gasteiger partial charge in [0.05, 0.1) is 17.9 Å². The number of hydrogen-bond donors (Lipinski definition) is 2. The average molecular weight is 223 g/mol. The van der Waals surface area contributed by atoms with Crippen molar-refractivity contribution in [2.24, 2.45) is 7.05 Å². The first-order chi connectivity index (χ1) is 7.18. The van der Waals surface area contributed by atoms with E-state index in [1.54, 1.807) is 22.2 Å². The minimum Gasteiger partial charge on any atom is -0.394 e. The number of anilines is 2. The Labute approximate surface area is 91.9 Å². The molecule has 3 N–H and O–H groups in total. The second kappa shape index (κ2) is 3.90. The summed E-state index contributed by atoms with van der Waals surface area (Å²) in [6.45, 7) is 2.57. The van der Waals surface area contributed by atoms with Crippen LogP contribution in [-0.4, -0.2) is 14.8 Å². The van der Waals surface area contributed by atoms with E-state index in [4.69, 9.17) is 5.73 Å². The van der Waals surface area contributed by atoms with Crippen molar-refractivity contribution in [1.29, 1.82) is 0 Å². The SMILES string of the molecule is Cc1nn(C)c(NCc2nccs2)c1N. The van der Waals surface area contributed by atoms with Crippen LogP contribution in [0.1, 0.15) is 10.7 Å². The van der Waals surface area contributed by atoms with Gasteiger partial charge in [0.15, 0.2) is 0 Å². The van der Waals surface area contributed by atoms with Gasteiger partial charge < -0.3 is 11.1 Å². The highest BCUT2D eigenvalue weighted by Gasteiger charge is 2.09. The van der Waals surface area contributed by atoms with E-state index in [1.807, 2.05) is 19.4 Å². The van der Waals surface area contributed by atoms with Gasteiger partial charge in [0.25, 0.3) is 0 Å². The number of nitrogen functional groups attached to an aromatic ring is 1. The Kier molecular flexibility index (Phi) is 2.59. The third kappa shape index (κ3) is 1.94. The molecule has 15 heavy (non-hydrogen) atoms. The minimum atomic E-state index is 0.681. The molecule has 0 aliphatic carbocycles. The van der Waals surface area contributed by atoms with Crippen molar-refractivity contribution in [1.82, 2.24) is 14.8 Å². The van der Waals surface area contributed by atoms with Gasteiger partial charge in [-0.25, -0.2) is 4.98 Å². The Hall–Kier alpha value is -1.56. The Balaban J connectivity index is 2.11. The first-order valence-corrected chi connectivity index (χ1v) is 5.47. The largest absolute Gasteiger partial charge is 0.394 e. The number of thiazole rings is 1. The maximum absolute atomic E-state index is 5.88. The molecule has 0 atom stereocenters. The van der Waals surface area contributed by atoms with Crippen LogP contribution in [0.5, 0.6) is 0 Å². The molecule has 0 amide bonds. The van der Waals surface area contributed by atoms with Crippen LogP contribution >= 0.6 is 11.3 Å². The number of rotatable bonds is 3. The van der Waals surface area contributed by atoms with Crippen molar-refractivity contribution < 1.29 is 0 Å². The van der Waals surface area contributed by atoms with Gasteiger partial charge in [-0.15, -0.1) is 11.3 Å². The number of nitrogens with one attached hydrogen (secondary N) is 1. The van der Waals surface area contributed by atoms with E-state index < -0.39 is 0 Å². The Morgan fingerprint density at radius 3 is 2.93 bits per heavy atom. The number of nitrogens with two attached hydrogens (primary N) is 1. The van der Waals surface area contributed by atoms with Crippen molar-refractivity contribution in [2.75, 3.05) is 11.1 Å². The van der Waals surface area contributed by atoms with Gasteiger partial charge in [0.2, 0.25) is 0 Å². The summed E-state index contributed by atoms with van der Waals surface area (Å²) >= 11 is 1.62. The maximum atomic E-state index is 5.88. The van der Waals surface area contributed by atoms with E-state index in [-0.39, 0.29) is 0 Å². The van der Waals surface area contributed by atoms with Crippen LogP contribution in [0.25, 0.3) is 0 Å². The smallest absolute Gasteiger partial charge is 0.148 e. The highest BCUT2D eigenvalue weighted by molar-refractivity contribution is 7.09. The number of hydrogen-bond acceptors (Lipinski definition) is 5. The molecule has 2 aromatic heterocycles. The van der Waals surface area contributed by atoms with Crippen molar-refractivity contribution >= 4 is 22.8 Å². The molecule has 2 aromatic rings. The fourth-order valence-electron chi connectivity index (χ4n) is 1.38. The van der Waals surface area contributed by atoms with Gasteiger partial charge in [-0.2, -0.15) is 5.10 Å². The first-order valence-electron chi connectivity index (χ1n) is 4.60. The highest BCUT2D eigenvalue weighted by Crippen LogP contribution is 2.21. The molecule has 0 aliphatic rings. The van der Waals surface area contributed by atoms with Crippen LogP contribution in [-0.2, 0) is 13.6 Å². The van der Waals surface area contributed by atoms with Crippen LogP contribution < -0.4 is 11.1 Å². The summed E-state index contributed by atoms with van der Waals surface area (Å²) in [5.41, 5.74) is 7.43. The number of aromatic nitrogens is 3. The molecule has 80 valence electrons. The molecular formula is C9H13N5S. The van der Waals surface area contributed by atoms with Crippen molar-refractivity contribution in [2.45, 2.75) is 13.5 Å². The summed E-state index contributed by atoms with van der Waals surface area (Å²) in [6, 6.07) is 0. The van der Waals surface area contributed by atoms with Crippen molar-refractivity contribution in [3.8, 4) is 0 Å². The molecule has 0 saturated carbocycles. The van der Waals surface area contributed by atoms with Crippen molar-refractivity contribution in [3.63, 3.8) is 0 Å². The number of nitrogens with zero attached hydrogens (tertiary/aromatic N) is 3. The topological polar surface area (TPSA) is 68.8 Å². The molecular weight excluding hydrogens is 210 g/mol. The molecule has 0 fully saturated rings. The molecule has 0 saturated heterocycles. The molecule has 0 spiro atoms. The molecule has 2 heterocycles. The Morgan fingerprint density at radius 2 is 2.40 bits per heavy atom. The summed E-state index contributed by atoms with van der Waals surface area (Å²) in [5.74, 6) is 0.850. The molecule has 0 aliphatic heterocycles. The predicted octanol–water partition coefficient (Wildman–Crippen LogP) is 1.38. The minimum absolute atomic E-state index is 0.681. The normalized spacial score (nSPS) is 10.5. The van der Waals surface area contributed by atoms with E-state index in [1.165, 1.54) is 0 Å². The zero-order valence-electron chi connectivity index (χ0n) is 8.69. The standard InChI is InChI=1S/C9H13N5S/c1-6-8(10)9(14(2)13-6)12-5-7-11-3-4-15-7/h3-4,12H,5,10H2,1-2H3. The van der Waals surface area contributed by atoms with E-state index in [0.29, 0.717) is 12.2 Å². The van der Waals surface area contributed by atoms with Crippen LogP contribution in [0.4, 0.5) is 11.5 Å². The van der Waals surface area contributed by atoms with Gasteiger partial charge in [0, 0.05) is 18.6 Å². The summed E-state index contributed by atoms with van der Waals surface area (Å²) in [4.78, 5) is 4.18. The summed E-state index contributed by atoms with van der Waals surface area (Å²) in [6.07, 6.45) is 1.79. The van der Waals surface area contributed by atoms with Gasteiger partial charge in [-0.3, -0.25) is 4.68 Å². The third-order valence-corrected chi connectivity index (χ3v) is 2.94. The monoisotopic (exact) mass is 223 g/mol. The zero-order valence-corrected chi connectivity index (χ0v) is 9.51. The van der Waals surface area contributed by atoms with Gasteiger partial charge in [-0.05, 0) is 6.92 Å². The molecule has 0 bridgehead atoms. The maximum Gasteiger partial charge on any atom is 0.148 e. The van der Waals surface area contributed by atoms with E-state index in [2.05, 4.69) is 15.4 Å². The summed E-state index contributed by atoms with van der Waals surface area (Å²) in [5, 5.41) is 10.4. The summed E-state index contributed by atoms with van der Waals surface area (Å²) < 4.78 is 1.75. The fourth-order valence-corrected chi connectivity index (χ4v) is 1.94. The van der Waals surface area contributed by atoms with Gasteiger partial charge in [-0.1, -0.05) is 0 Å². The lowest BCUT2D eigenvalue weighted by molar-refractivity contribution is 0.758. The Bertz CT molecular complexity index is 445. The van der Waals surface area contributed by atoms with Crippen LogP contribution in [0.2, 0.25) is 0 Å². The average Bonchev–Trinajstić information content (AvgIpc) is 2.76. The number of aryl methyl sites for hydroxylation is 2. The predicted molar refractivity (Wildman–Crippen MR) is 61.8 cm³/mol. The quantitative estimate of drug-likeness (QED) is 0.824. The zero-order chi connectivity index (χ0) is 10.8. The lowest BCUT2D eigenvalue weighted by Crippen LogP contribution is -2.06. The third-order valence-electron chi connectivity index (χ3n) is 2.16. The van der Waals surface area contributed by atoms with Gasteiger partial charge in [0.1, 0.15) is 10.8 Å². The molecule has 0 aromatic carbocycles. The van der Waals surface area contributed by atoms with Crippen molar-refractivity contribution in [3.05, 3.63) is 22.3 Å². The highest BCUT2D eigenvalue weighted by atomic mass is 32.1. The van der Waals surface area contributed by atoms with Gasteiger partial charge >= 0.3 is 0 Å².